The first-order valence-electron chi connectivity index (χ1n) is 9.38. The summed E-state index contributed by atoms with van der Waals surface area (Å²) in [4.78, 5) is 28.7. The molecule has 1 aromatic heterocycles. The summed E-state index contributed by atoms with van der Waals surface area (Å²) >= 11 is 12.3. The molecule has 0 unspecified atom stereocenters. The predicted octanol–water partition coefficient (Wildman–Crippen LogP) is 3.78. The number of carbonyl (C=O) groups excluding carboxylic acids is 2. The zero-order chi connectivity index (χ0) is 20.3. The van der Waals surface area contributed by atoms with Gasteiger partial charge in [0, 0.05) is 38.1 Å². The molecule has 1 N–H and O–H groups in total. The number of urea groups is 1. The second-order valence-corrected chi connectivity index (χ2v) is 7.45. The van der Waals surface area contributed by atoms with Crippen LogP contribution in [0.3, 0.4) is 0 Å². The van der Waals surface area contributed by atoms with E-state index in [9.17, 15) is 9.59 Å². The van der Waals surface area contributed by atoms with Crippen molar-refractivity contribution >= 4 is 35.1 Å². The number of fused-ring (bicyclic) bond motifs is 1. The smallest absolute Gasteiger partial charge is 0.317 e. The van der Waals surface area contributed by atoms with E-state index in [2.05, 4.69) is 9.88 Å². The number of hydrogen-bond donors (Lipinski definition) is 1. The van der Waals surface area contributed by atoms with Gasteiger partial charge >= 0.3 is 6.03 Å². The van der Waals surface area contributed by atoms with Crippen LogP contribution in [0, 0.1) is 0 Å². The summed E-state index contributed by atoms with van der Waals surface area (Å²) in [6.07, 6.45) is 2.01. The number of nitrogens with zero attached hydrogens (tertiary/aromatic N) is 3. The van der Waals surface area contributed by atoms with E-state index in [1.54, 1.807) is 12.1 Å². The fraction of sp³-hybridized carbons (Fsp3) is 0.400. The molecule has 8 heteroatoms. The summed E-state index contributed by atoms with van der Waals surface area (Å²) in [5.74, 6) is -0.100. The van der Waals surface area contributed by atoms with E-state index in [0.29, 0.717) is 36.2 Å². The maximum Gasteiger partial charge on any atom is 0.317 e. The molecule has 3 rings (SSSR count). The highest BCUT2D eigenvalue weighted by molar-refractivity contribution is 6.42. The number of benzene rings is 1. The van der Waals surface area contributed by atoms with Gasteiger partial charge in [-0.2, -0.15) is 0 Å². The van der Waals surface area contributed by atoms with Gasteiger partial charge in [-0.25, -0.2) is 4.79 Å². The lowest BCUT2D eigenvalue weighted by Gasteiger charge is -2.38. The average molecular weight is 423 g/mol. The molecule has 1 atom stereocenters. The van der Waals surface area contributed by atoms with Crippen LogP contribution in [-0.2, 0) is 11.3 Å². The van der Waals surface area contributed by atoms with Crippen molar-refractivity contribution in [1.82, 2.24) is 19.7 Å². The lowest BCUT2D eigenvalue weighted by molar-refractivity contribution is -0.134. The maximum atomic E-state index is 13.2. The lowest BCUT2D eigenvalue weighted by Crippen LogP contribution is -2.49. The highest BCUT2D eigenvalue weighted by Gasteiger charge is 2.33. The zero-order valence-corrected chi connectivity index (χ0v) is 17.5. The summed E-state index contributed by atoms with van der Waals surface area (Å²) in [5, 5.41) is 3.68. The molecule has 150 valence electrons. The summed E-state index contributed by atoms with van der Waals surface area (Å²) in [5.41, 5.74) is 1.91. The second-order valence-electron chi connectivity index (χ2n) is 6.64. The van der Waals surface area contributed by atoms with Gasteiger partial charge in [-0.05, 0) is 43.7 Å². The first-order valence-corrected chi connectivity index (χ1v) is 10.1. The van der Waals surface area contributed by atoms with Crippen LogP contribution in [0.15, 0.2) is 36.5 Å². The van der Waals surface area contributed by atoms with Gasteiger partial charge in [0.05, 0.1) is 16.1 Å². The van der Waals surface area contributed by atoms with Crippen molar-refractivity contribution in [2.75, 3.05) is 26.2 Å². The zero-order valence-electron chi connectivity index (χ0n) is 16.0. The van der Waals surface area contributed by atoms with E-state index in [1.807, 2.05) is 43.1 Å². The van der Waals surface area contributed by atoms with Crippen LogP contribution in [0.25, 0.3) is 0 Å². The second kappa shape index (κ2) is 8.88. The van der Waals surface area contributed by atoms with Crippen LogP contribution < -0.4 is 5.32 Å². The first-order chi connectivity index (χ1) is 13.5. The highest BCUT2D eigenvalue weighted by Crippen LogP contribution is 2.35. The number of rotatable bonds is 5. The molecular formula is C20H24Cl2N4O2. The van der Waals surface area contributed by atoms with Crippen molar-refractivity contribution in [3.05, 3.63) is 57.8 Å². The van der Waals surface area contributed by atoms with Gasteiger partial charge in [-0.15, -0.1) is 0 Å². The normalized spacial score (nSPS) is 15.9. The van der Waals surface area contributed by atoms with Gasteiger partial charge in [0.25, 0.3) is 0 Å². The summed E-state index contributed by atoms with van der Waals surface area (Å²) in [7, 11) is 0. The number of carbonyl (C=O) groups is 2. The van der Waals surface area contributed by atoms with Crippen molar-refractivity contribution in [1.29, 1.82) is 0 Å². The maximum absolute atomic E-state index is 13.2. The van der Waals surface area contributed by atoms with E-state index in [-0.39, 0.29) is 24.5 Å². The van der Waals surface area contributed by atoms with Crippen LogP contribution in [-0.4, -0.2) is 52.5 Å². The van der Waals surface area contributed by atoms with Crippen molar-refractivity contribution in [2.24, 2.45) is 0 Å². The monoisotopic (exact) mass is 422 g/mol. The summed E-state index contributed by atoms with van der Waals surface area (Å²) in [6, 6.07) is 8.91. The molecule has 0 fully saturated rings. The van der Waals surface area contributed by atoms with Crippen LogP contribution in [0.5, 0.6) is 0 Å². The van der Waals surface area contributed by atoms with E-state index >= 15 is 0 Å². The molecule has 0 saturated carbocycles. The molecule has 1 aromatic carbocycles. The molecule has 0 spiro atoms. The third-order valence-corrected chi connectivity index (χ3v) is 5.68. The van der Waals surface area contributed by atoms with Gasteiger partial charge in [-0.3, -0.25) is 4.79 Å². The van der Waals surface area contributed by atoms with E-state index in [4.69, 9.17) is 23.2 Å². The Hall–Kier alpha value is -2.18. The SMILES string of the molecule is CCNC(=O)N(CC)CC(=O)N1CCn2cccc2[C@H]1c1ccc(Cl)c(Cl)c1. The minimum atomic E-state index is -0.279. The number of halogens is 2. The molecular weight excluding hydrogens is 399 g/mol. The Morgan fingerprint density at radius 1 is 1.18 bits per heavy atom. The lowest BCUT2D eigenvalue weighted by atomic mass is 9.99. The van der Waals surface area contributed by atoms with Crippen molar-refractivity contribution in [2.45, 2.75) is 26.4 Å². The molecule has 0 aliphatic carbocycles. The highest BCUT2D eigenvalue weighted by atomic mass is 35.5. The molecule has 1 aliphatic rings. The van der Waals surface area contributed by atoms with Gasteiger partial charge in [0.2, 0.25) is 5.91 Å². The first kappa shape index (κ1) is 20.6. The largest absolute Gasteiger partial charge is 0.348 e. The Balaban J connectivity index is 1.91. The minimum Gasteiger partial charge on any atom is -0.348 e. The Labute approximate surface area is 175 Å². The van der Waals surface area contributed by atoms with Crippen molar-refractivity contribution in [3.63, 3.8) is 0 Å². The molecule has 6 nitrogen and oxygen atoms in total. The summed E-state index contributed by atoms with van der Waals surface area (Å²) in [6.45, 7) is 5.98. The molecule has 0 radical (unpaired) electrons. The molecule has 0 saturated heterocycles. The van der Waals surface area contributed by atoms with Gasteiger partial charge in [0.1, 0.15) is 6.54 Å². The number of likely N-dealkylation sites (N-methyl/N-ethyl adjacent to an activating group) is 1. The fourth-order valence-corrected chi connectivity index (χ4v) is 3.84. The van der Waals surface area contributed by atoms with Crippen LogP contribution in [0.1, 0.15) is 31.1 Å². The van der Waals surface area contributed by atoms with Crippen molar-refractivity contribution < 1.29 is 9.59 Å². The van der Waals surface area contributed by atoms with Crippen LogP contribution in [0.4, 0.5) is 4.79 Å². The van der Waals surface area contributed by atoms with Crippen LogP contribution >= 0.6 is 23.2 Å². The third kappa shape index (κ3) is 4.13. The number of amides is 3. The van der Waals surface area contributed by atoms with Gasteiger partial charge < -0.3 is 19.7 Å². The van der Waals surface area contributed by atoms with Crippen molar-refractivity contribution in [3.8, 4) is 0 Å². The molecule has 3 amide bonds. The molecule has 1 aliphatic heterocycles. The van der Waals surface area contributed by atoms with E-state index in [1.165, 1.54) is 4.90 Å². The van der Waals surface area contributed by atoms with Gasteiger partial charge in [0.15, 0.2) is 0 Å². The Bertz CT molecular complexity index is 868. The predicted molar refractivity (Wildman–Crippen MR) is 111 cm³/mol. The Morgan fingerprint density at radius 2 is 1.96 bits per heavy atom. The summed E-state index contributed by atoms with van der Waals surface area (Å²) < 4.78 is 2.14. The molecule has 2 heterocycles. The van der Waals surface area contributed by atoms with Crippen LogP contribution in [0.2, 0.25) is 10.0 Å². The molecule has 28 heavy (non-hydrogen) atoms. The Kier molecular flexibility index (Phi) is 6.52. The third-order valence-electron chi connectivity index (χ3n) is 4.94. The fourth-order valence-electron chi connectivity index (χ4n) is 3.53. The topological polar surface area (TPSA) is 57.6 Å². The van der Waals surface area contributed by atoms with E-state index < -0.39 is 0 Å². The minimum absolute atomic E-state index is 0.0286. The Morgan fingerprint density at radius 3 is 2.64 bits per heavy atom. The number of hydrogen-bond acceptors (Lipinski definition) is 2. The molecule has 2 aromatic rings. The van der Waals surface area contributed by atoms with E-state index in [0.717, 1.165) is 11.3 Å². The average Bonchev–Trinajstić information content (AvgIpc) is 3.16. The quantitative estimate of drug-likeness (QED) is 0.796. The number of aromatic nitrogens is 1. The molecule has 0 bridgehead atoms. The number of nitrogens with one attached hydrogen (secondary N) is 1. The standard InChI is InChI=1S/C20H24Cl2N4O2/c1-3-23-20(28)24(4-2)13-18(27)26-11-10-25-9-5-6-17(25)19(26)14-7-8-15(21)16(22)12-14/h5-9,12,19H,3-4,10-11,13H2,1-2H3,(H,23,28)/t19-/m1/s1. The van der Waals surface area contributed by atoms with Gasteiger partial charge in [-0.1, -0.05) is 29.3 Å².